The van der Waals surface area contributed by atoms with E-state index in [4.69, 9.17) is 0 Å². The van der Waals surface area contributed by atoms with Gasteiger partial charge in [0.1, 0.15) is 0 Å². The van der Waals surface area contributed by atoms with E-state index in [1.807, 2.05) is 11.3 Å². The van der Waals surface area contributed by atoms with Gasteiger partial charge >= 0.3 is 0 Å². The summed E-state index contributed by atoms with van der Waals surface area (Å²) in [6.07, 6.45) is 0. The molecule has 1 heterocycles. The number of thiophene rings is 1. The minimum absolute atomic E-state index is 1.26. The molecule has 0 nitrogen and oxygen atoms in total. The summed E-state index contributed by atoms with van der Waals surface area (Å²) in [7, 11) is 0. The highest BCUT2D eigenvalue weighted by atomic mass is 32.1. The number of fused-ring (bicyclic) bond motifs is 8. The third kappa shape index (κ3) is 4.00. The molecule has 1 aromatic heterocycles. The molecule has 10 rings (SSSR count). The molecule has 0 amide bonds. The van der Waals surface area contributed by atoms with Crippen LogP contribution in [0.3, 0.4) is 0 Å². The average Bonchev–Trinajstić information content (AvgIpc) is 3.52. The maximum Gasteiger partial charge on any atom is 0.0433 e. The Kier molecular flexibility index (Phi) is 5.85. The van der Waals surface area contributed by atoms with E-state index in [2.05, 4.69) is 170 Å². The van der Waals surface area contributed by atoms with Crippen LogP contribution in [0, 0.1) is 0 Å². The van der Waals surface area contributed by atoms with Crippen molar-refractivity contribution in [1.82, 2.24) is 0 Å². The van der Waals surface area contributed by atoms with Gasteiger partial charge in [0.15, 0.2) is 0 Å². The summed E-state index contributed by atoms with van der Waals surface area (Å²) >= 11 is 1.91. The lowest BCUT2D eigenvalue weighted by molar-refractivity contribution is 1.63. The molecule has 10 aromatic rings. The fourth-order valence-electron chi connectivity index (χ4n) is 7.79. The van der Waals surface area contributed by atoms with Crippen LogP contribution in [0.15, 0.2) is 170 Å². The lowest BCUT2D eigenvalue weighted by Gasteiger charge is -2.20. The first-order valence-corrected chi connectivity index (χ1v) is 17.0. The molecule has 0 saturated heterocycles. The van der Waals surface area contributed by atoms with Gasteiger partial charge in [-0.05, 0) is 82.5 Å². The molecular formula is C46H28S. The van der Waals surface area contributed by atoms with Gasteiger partial charge in [-0.3, -0.25) is 0 Å². The van der Waals surface area contributed by atoms with Crippen molar-refractivity contribution in [3.8, 4) is 33.4 Å². The van der Waals surface area contributed by atoms with Gasteiger partial charge in [0.25, 0.3) is 0 Å². The molecule has 0 saturated carbocycles. The van der Waals surface area contributed by atoms with E-state index in [0.29, 0.717) is 0 Å². The first-order valence-electron chi connectivity index (χ1n) is 16.2. The molecule has 0 aliphatic heterocycles. The molecule has 0 aliphatic carbocycles. The van der Waals surface area contributed by atoms with Crippen LogP contribution < -0.4 is 0 Å². The smallest absolute Gasteiger partial charge is 0.0433 e. The molecule has 0 spiro atoms. The molecule has 0 aliphatic rings. The second-order valence-corrected chi connectivity index (χ2v) is 13.4. The Labute approximate surface area is 276 Å². The normalized spacial score (nSPS) is 11.8. The summed E-state index contributed by atoms with van der Waals surface area (Å²) in [4.78, 5) is 0. The van der Waals surface area contributed by atoms with Crippen molar-refractivity contribution < 1.29 is 0 Å². The Bertz CT molecular complexity index is 2790. The molecule has 0 fully saturated rings. The fourth-order valence-corrected chi connectivity index (χ4v) is 9.06. The summed E-state index contributed by atoms with van der Waals surface area (Å²) in [5.74, 6) is 0. The van der Waals surface area contributed by atoms with Gasteiger partial charge in [0.2, 0.25) is 0 Å². The van der Waals surface area contributed by atoms with Crippen LogP contribution in [0.5, 0.6) is 0 Å². The first-order chi connectivity index (χ1) is 23.3. The minimum Gasteiger partial charge on any atom is -0.135 e. The lowest BCUT2D eigenvalue weighted by atomic mass is 9.83. The molecule has 0 unspecified atom stereocenters. The van der Waals surface area contributed by atoms with E-state index >= 15 is 0 Å². The van der Waals surface area contributed by atoms with Crippen LogP contribution in [-0.2, 0) is 0 Å². The third-order valence-corrected chi connectivity index (χ3v) is 11.1. The number of hydrogen-bond donors (Lipinski definition) is 0. The molecule has 0 bridgehead atoms. The standard InChI is InChI=1S/C46H28S/c1-3-15-32-29(12-1)14-11-23-34(32)35-17-5-6-18-37(35)45-40-21-9-7-19-38(40)44(39-20-8-10-22-41(39)45)31-25-26-36-42-27-24-30-13-2-4-16-33(30)46(42)47-43(36)28-31/h1-28H. The van der Waals surface area contributed by atoms with E-state index in [0.717, 1.165) is 0 Å². The van der Waals surface area contributed by atoms with Gasteiger partial charge in [0.05, 0.1) is 0 Å². The van der Waals surface area contributed by atoms with Gasteiger partial charge in [0, 0.05) is 20.2 Å². The second-order valence-electron chi connectivity index (χ2n) is 12.4. The van der Waals surface area contributed by atoms with Crippen molar-refractivity contribution in [3.63, 3.8) is 0 Å². The van der Waals surface area contributed by atoms with Gasteiger partial charge in [-0.15, -0.1) is 11.3 Å². The highest BCUT2D eigenvalue weighted by molar-refractivity contribution is 7.26. The largest absolute Gasteiger partial charge is 0.135 e. The second kappa shape index (κ2) is 10.4. The fraction of sp³-hybridized carbons (Fsp3) is 0. The summed E-state index contributed by atoms with van der Waals surface area (Å²) in [5, 5.41) is 12.9. The Balaban J connectivity index is 1.27. The highest BCUT2D eigenvalue weighted by Crippen LogP contribution is 2.48. The van der Waals surface area contributed by atoms with Crippen LogP contribution in [0.1, 0.15) is 0 Å². The topological polar surface area (TPSA) is 0 Å². The SMILES string of the molecule is c1ccc(-c2c3ccccc3c(-c3ccc4c(c3)sc3c5ccccc5ccc43)c3ccccc23)c(-c2cccc3ccccc23)c1. The first kappa shape index (κ1) is 26.5. The molecule has 1 heteroatoms. The zero-order valence-corrected chi connectivity index (χ0v) is 26.4. The summed E-state index contributed by atoms with van der Waals surface area (Å²) in [6.45, 7) is 0. The zero-order valence-electron chi connectivity index (χ0n) is 25.6. The van der Waals surface area contributed by atoms with Crippen LogP contribution in [0.4, 0.5) is 0 Å². The maximum absolute atomic E-state index is 2.42. The van der Waals surface area contributed by atoms with Crippen molar-refractivity contribution in [2.24, 2.45) is 0 Å². The molecule has 218 valence electrons. The van der Waals surface area contributed by atoms with E-state index in [1.54, 1.807) is 0 Å². The Morgan fingerprint density at radius 2 is 0.809 bits per heavy atom. The lowest BCUT2D eigenvalue weighted by Crippen LogP contribution is -1.93. The molecule has 0 N–H and O–H groups in total. The van der Waals surface area contributed by atoms with Gasteiger partial charge in [-0.1, -0.05) is 164 Å². The summed E-state index contributed by atoms with van der Waals surface area (Å²) < 4.78 is 2.69. The molecule has 0 atom stereocenters. The molecular weight excluding hydrogens is 585 g/mol. The quantitative estimate of drug-likeness (QED) is 0.174. The maximum atomic E-state index is 2.42. The van der Waals surface area contributed by atoms with Gasteiger partial charge in [-0.25, -0.2) is 0 Å². The van der Waals surface area contributed by atoms with E-state index in [1.165, 1.54) is 96.6 Å². The number of benzene rings is 9. The van der Waals surface area contributed by atoms with Crippen LogP contribution >= 0.6 is 11.3 Å². The van der Waals surface area contributed by atoms with Gasteiger partial charge < -0.3 is 0 Å². The van der Waals surface area contributed by atoms with Crippen molar-refractivity contribution in [2.75, 3.05) is 0 Å². The van der Waals surface area contributed by atoms with Crippen molar-refractivity contribution in [3.05, 3.63) is 170 Å². The van der Waals surface area contributed by atoms with Crippen LogP contribution in [-0.4, -0.2) is 0 Å². The highest BCUT2D eigenvalue weighted by Gasteiger charge is 2.20. The average molecular weight is 613 g/mol. The summed E-state index contributed by atoms with van der Waals surface area (Å²) in [6, 6.07) is 62.7. The van der Waals surface area contributed by atoms with Crippen LogP contribution in [0.2, 0.25) is 0 Å². The van der Waals surface area contributed by atoms with E-state index < -0.39 is 0 Å². The zero-order chi connectivity index (χ0) is 30.9. The van der Waals surface area contributed by atoms with Gasteiger partial charge in [-0.2, -0.15) is 0 Å². The van der Waals surface area contributed by atoms with Crippen LogP contribution in [0.25, 0.3) is 96.6 Å². The predicted octanol–water partition coefficient (Wildman–Crippen LogP) is 13.7. The Hall–Kier alpha value is -5.76. The Morgan fingerprint density at radius 1 is 0.298 bits per heavy atom. The predicted molar refractivity (Wildman–Crippen MR) is 206 cm³/mol. The minimum atomic E-state index is 1.26. The van der Waals surface area contributed by atoms with Crippen molar-refractivity contribution in [1.29, 1.82) is 0 Å². The van der Waals surface area contributed by atoms with Crippen molar-refractivity contribution in [2.45, 2.75) is 0 Å². The van der Waals surface area contributed by atoms with Crippen molar-refractivity contribution >= 4 is 74.6 Å². The monoisotopic (exact) mass is 612 g/mol. The molecule has 0 radical (unpaired) electrons. The molecule has 9 aromatic carbocycles. The Morgan fingerprint density at radius 3 is 1.53 bits per heavy atom. The number of hydrogen-bond acceptors (Lipinski definition) is 1. The van der Waals surface area contributed by atoms with E-state index in [-0.39, 0.29) is 0 Å². The number of rotatable bonds is 3. The van der Waals surface area contributed by atoms with E-state index in [9.17, 15) is 0 Å². The summed E-state index contributed by atoms with van der Waals surface area (Å²) in [5.41, 5.74) is 7.62. The molecule has 47 heavy (non-hydrogen) atoms. The third-order valence-electron chi connectivity index (χ3n) is 9.86.